The molecule has 8 nitrogen and oxygen atoms in total. The van der Waals surface area contributed by atoms with E-state index >= 15 is 0 Å². The Balaban J connectivity index is 1.38. The number of carbonyl (C=O) groups is 3. The lowest BCUT2D eigenvalue weighted by Gasteiger charge is -2.47. The predicted octanol–water partition coefficient (Wildman–Crippen LogP) is 5.54. The van der Waals surface area contributed by atoms with Gasteiger partial charge in [-0.05, 0) is 62.2 Å². The molecule has 40 heavy (non-hydrogen) atoms. The van der Waals surface area contributed by atoms with Crippen molar-refractivity contribution >= 4 is 29.6 Å². The molecular weight excluding hydrogens is 530 g/mol. The zero-order valence-electron chi connectivity index (χ0n) is 23.2. The van der Waals surface area contributed by atoms with E-state index < -0.39 is 6.16 Å². The number of rotatable bonds is 7. The van der Waals surface area contributed by atoms with Crippen molar-refractivity contribution in [1.29, 1.82) is 0 Å². The molecule has 2 heterocycles. The Labute approximate surface area is 241 Å². The Morgan fingerprint density at radius 2 is 1.73 bits per heavy atom. The van der Waals surface area contributed by atoms with E-state index in [0.29, 0.717) is 42.9 Å². The van der Waals surface area contributed by atoms with Gasteiger partial charge in [0.05, 0.1) is 23.7 Å². The minimum Gasteiger partial charge on any atom is -0.449 e. The minimum absolute atomic E-state index is 0.0186. The number of halogens is 1. The Morgan fingerprint density at radius 3 is 2.42 bits per heavy atom. The Morgan fingerprint density at radius 1 is 1.00 bits per heavy atom. The quantitative estimate of drug-likeness (QED) is 0.268. The summed E-state index contributed by atoms with van der Waals surface area (Å²) in [5.74, 6) is 0.393. The van der Waals surface area contributed by atoms with E-state index in [4.69, 9.17) is 21.4 Å². The minimum atomic E-state index is -1.36. The standard InChI is InChI=1S/C31H38ClN3O5/c1-35(30(37)25-7-3-4-8-27(25)32,28-12-10-22-9-11-24(21-26(22)28)40-31(38)39)23-13-19-34(20-14-23)29(36)15-18-33-16-5-2-6-17-33/h3-4,7-9,11,21,23,28H,2,5-6,10,12-20H2,1H3/p+1/t28-,35?/m1/s1. The van der Waals surface area contributed by atoms with Crippen LogP contribution in [0.25, 0.3) is 0 Å². The smallest absolute Gasteiger partial charge is 0.449 e. The highest BCUT2D eigenvalue weighted by Gasteiger charge is 2.51. The number of piperidine rings is 2. The third-order valence-electron chi connectivity index (χ3n) is 9.22. The van der Waals surface area contributed by atoms with Gasteiger partial charge in [0.2, 0.25) is 5.91 Å². The molecule has 0 saturated carbocycles. The van der Waals surface area contributed by atoms with E-state index in [2.05, 4.69) is 4.90 Å². The van der Waals surface area contributed by atoms with Crippen molar-refractivity contribution in [3.05, 3.63) is 64.2 Å². The van der Waals surface area contributed by atoms with Crippen molar-refractivity contribution in [3.63, 3.8) is 0 Å². The van der Waals surface area contributed by atoms with Crippen LogP contribution in [-0.4, -0.2) is 83.2 Å². The topological polar surface area (TPSA) is 87.2 Å². The van der Waals surface area contributed by atoms with E-state index in [0.717, 1.165) is 43.6 Å². The number of nitrogens with zero attached hydrogens (tertiary/aromatic N) is 3. The van der Waals surface area contributed by atoms with E-state index in [1.165, 1.54) is 19.3 Å². The molecule has 1 unspecified atom stereocenters. The number of fused-ring (bicyclic) bond motifs is 1. The number of hydrogen-bond donors (Lipinski definition) is 1. The molecule has 2 aromatic rings. The second-order valence-electron chi connectivity index (χ2n) is 11.5. The summed E-state index contributed by atoms with van der Waals surface area (Å²) in [6.07, 6.45) is 5.85. The Hall–Kier alpha value is -2.94. The SMILES string of the molecule is C[N+](C(=O)c1ccccc1Cl)(C1CCN(C(=O)CCN2CCCCC2)CC1)[C@@H]1CCc2ccc(OC(=O)O)cc21. The molecule has 2 amide bonds. The molecule has 214 valence electrons. The van der Waals surface area contributed by atoms with E-state index in [9.17, 15) is 14.4 Å². The fraction of sp³-hybridized carbons (Fsp3) is 0.516. The number of ether oxygens (including phenoxy) is 1. The first-order chi connectivity index (χ1) is 19.3. The molecule has 0 radical (unpaired) electrons. The largest absolute Gasteiger partial charge is 0.511 e. The van der Waals surface area contributed by atoms with Crippen LogP contribution in [0.2, 0.25) is 5.02 Å². The van der Waals surface area contributed by atoms with Crippen molar-refractivity contribution in [2.75, 3.05) is 39.8 Å². The second-order valence-corrected chi connectivity index (χ2v) is 11.9. The van der Waals surface area contributed by atoms with Gasteiger partial charge in [-0.1, -0.05) is 36.2 Å². The molecule has 2 aromatic carbocycles. The molecule has 2 fully saturated rings. The fourth-order valence-corrected chi connectivity index (χ4v) is 7.20. The van der Waals surface area contributed by atoms with Crippen LogP contribution < -0.4 is 4.74 Å². The monoisotopic (exact) mass is 568 g/mol. The van der Waals surface area contributed by atoms with Crippen LogP contribution in [0.15, 0.2) is 42.5 Å². The number of carboxylic acid groups (broad SMARTS) is 1. The predicted molar refractivity (Wildman–Crippen MR) is 153 cm³/mol. The molecule has 0 aromatic heterocycles. The van der Waals surface area contributed by atoms with Crippen molar-refractivity contribution in [3.8, 4) is 5.75 Å². The van der Waals surface area contributed by atoms with Gasteiger partial charge in [0.25, 0.3) is 0 Å². The van der Waals surface area contributed by atoms with Crippen LogP contribution in [0.1, 0.15) is 72.5 Å². The van der Waals surface area contributed by atoms with Gasteiger partial charge in [0.1, 0.15) is 11.8 Å². The molecule has 0 spiro atoms. The van der Waals surface area contributed by atoms with Crippen LogP contribution in [0, 0.1) is 0 Å². The lowest BCUT2D eigenvalue weighted by atomic mass is 9.93. The number of hydrogen-bond acceptors (Lipinski definition) is 5. The van der Waals surface area contributed by atoms with Crippen LogP contribution in [-0.2, 0) is 11.2 Å². The number of benzene rings is 2. The van der Waals surface area contributed by atoms with Crippen molar-refractivity contribution in [2.45, 2.75) is 63.5 Å². The first kappa shape index (κ1) is 28.6. The number of carbonyl (C=O) groups excluding carboxylic acids is 2. The third kappa shape index (κ3) is 5.90. The first-order valence-corrected chi connectivity index (χ1v) is 14.8. The molecule has 9 heteroatoms. The molecule has 1 aliphatic carbocycles. The van der Waals surface area contributed by atoms with Gasteiger partial charge in [-0.3, -0.25) is 4.79 Å². The number of amides is 2. The summed E-state index contributed by atoms with van der Waals surface area (Å²) < 4.78 is 5.10. The van der Waals surface area contributed by atoms with Crippen LogP contribution >= 0.6 is 11.6 Å². The van der Waals surface area contributed by atoms with Gasteiger partial charge in [-0.25, -0.2) is 14.1 Å². The lowest BCUT2D eigenvalue weighted by molar-refractivity contribution is -0.887. The van der Waals surface area contributed by atoms with Crippen molar-refractivity contribution in [2.24, 2.45) is 0 Å². The molecule has 5 rings (SSSR count). The third-order valence-corrected chi connectivity index (χ3v) is 9.55. The fourth-order valence-electron chi connectivity index (χ4n) is 6.98. The lowest BCUT2D eigenvalue weighted by Crippen LogP contribution is -2.61. The van der Waals surface area contributed by atoms with Gasteiger partial charge >= 0.3 is 12.1 Å². The summed E-state index contributed by atoms with van der Waals surface area (Å²) in [4.78, 5) is 43.1. The van der Waals surface area contributed by atoms with Gasteiger partial charge in [-0.2, -0.15) is 0 Å². The van der Waals surface area contributed by atoms with Crippen molar-refractivity contribution < 1.29 is 28.7 Å². The Bertz CT molecular complexity index is 1260. The summed E-state index contributed by atoms with van der Waals surface area (Å²) >= 11 is 6.54. The highest BCUT2D eigenvalue weighted by molar-refractivity contribution is 6.33. The average molecular weight is 569 g/mol. The Kier molecular flexibility index (Phi) is 8.78. The number of quaternary nitrogens is 1. The van der Waals surface area contributed by atoms with Gasteiger partial charge < -0.3 is 19.6 Å². The molecular formula is C31H39ClN3O5+. The zero-order valence-corrected chi connectivity index (χ0v) is 23.9. The number of aryl methyl sites for hydroxylation is 1. The molecule has 0 bridgehead atoms. The van der Waals surface area contributed by atoms with Gasteiger partial charge in [-0.15, -0.1) is 0 Å². The summed E-state index contributed by atoms with van der Waals surface area (Å²) in [5.41, 5.74) is 2.53. The van der Waals surface area contributed by atoms with Crippen LogP contribution in [0.4, 0.5) is 4.79 Å². The maximum Gasteiger partial charge on any atom is 0.511 e. The van der Waals surface area contributed by atoms with Crippen LogP contribution in [0.3, 0.4) is 0 Å². The van der Waals surface area contributed by atoms with E-state index in [-0.39, 0.29) is 34.1 Å². The number of likely N-dealkylation sites (tertiary alicyclic amines) is 2. The molecule has 2 saturated heterocycles. The van der Waals surface area contributed by atoms with Gasteiger partial charge in [0.15, 0.2) is 0 Å². The van der Waals surface area contributed by atoms with Crippen molar-refractivity contribution in [1.82, 2.24) is 9.80 Å². The summed E-state index contributed by atoms with van der Waals surface area (Å²) in [5, 5.41) is 9.58. The maximum atomic E-state index is 14.4. The highest BCUT2D eigenvalue weighted by atomic mass is 35.5. The zero-order chi connectivity index (χ0) is 28.3. The average Bonchev–Trinajstić information content (AvgIpc) is 3.39. The molecule has 3 aliphatic rings. The first-order valence-electron chi connectivity index (χ1n) is 14.5. The van der Waals surface area contributed by atoms with Gasteiger partial charge in [0, 0.05) is 50.9 Å². The highest BCUT2D eigenvalue weighted by Crippen LogP contribution is 2.45. The maximum absolute atomic E-state index is 14.4. The summed E-state index contributed by atoms with van der Waals surface area (Å²) in [6.45, 7) is 4.22. The second kappa shape index (κ2) is 12.3. The summed E-state index contributed by atoms with van der Waals surface area (Å²) in [6, 6.07) is 12.3. The molecule has 2 aliphatic heterocycles. The summed E-state index contributed by atoms with van der Waals surface area (Å²) in [7, 11) is 1.99. The molecule has 1 N–H and O–H groups in total. The van der Waals surface area contributed by atoms with E-state index in [1.807, 2.05) is 30.1 Å². The van der Waals surface area contributed by atoms with E-state index in [1.54, 1.807) is 24.3 Å². The normalized spacial score (nSPS) is 21.4. The van der Waals surface area contributed by atoms with Crippen LogP contribution in [0.5, 0.6) is 5.75 Å². The molecule has 2 atom stereocenters.